The van der Waals surface area contributed by atoms with Gasteiger partial charge < -0.3 is 9.57 Å². The maximum absolute atomic E-state index is 5.72. The summed E-state index contributed by atoms with van der Waals surface area (Å²) in [6, 6.07) is 3.90. The van der Waals surface area contributed by atoms with Gasteiger partial charge in [0.25, 0.3) is 0 Å². The number of pyridine rings is 1. The number of fused-ring (bicyclic) bond motifs is 1. The van der Waals surface area contributed by atoms with Gasteiger partial charge in [-0.1, -0.05) is 16.5 Å². The second-order valence-corrected chi connectivity index (χ2v) is 6.97. The first-order chi connectivity index (χ1) is 11.8. The summed E-state index contributed by atoms with van der Waals surface area (Å²) in [5.41, 5.74) is 2.63. The quantitative estimate of drug-likeness (QED) is 0.663. The summed E-state index contributed by atoms with van der Waals surface area (Å²) in [4.78, 5) is 19.5. The van der Waals surface area contributed by atoms with Crippen molar-refractivity contribution in [1.29, 1.82) is 0 Å². The van der Waals surface area contributed by atoms with Gasteiger partial charge in [0.05, 0.1) is 11.5 Å². The molecule has 0 unspecified atom stereocenters. The number of nitrogens with zero attached hydrogens (tertiary/aromatic N) is 4. The SMILES string of the molecule is CCO/N=C1\CCOc2sc(-c3cnc(-c4cccnc4)s3)nc21. The van der Waals surface area contributed by atoms with Gasteiger partial charge in [-0.25, -0.2) is 9.97 Å². The van der Waals surface area contributed by atoms with Crippen LogP contribution in [0.3, 0.4) is 0 Å². The van der Waals surface area contributed by atoms with Gasteiger partial charge in [-0.15, -0.1) is 11.3 Å². The molecule has 0 amide bonds. The number of hydrogen-bond donors (Lipinski definition) is 0. The number of thiazole rings is 2. The number of ether oxygens (including phenoxy) is 1. The van der Waals surface area contributed by atoms with Crippen LogP contribution in [0, 0.1) is 0 Å². The zero-order valence-corrected chi connectivity index (χ0v) is 14.6. The number of aromatic nitrogens is 3. The van der Waals surface area contributed by atoms with Crippen LogP contribution in [0.25, 0.3) is 20.5 Å². The Morgan fingerprint density at radius 2 is 2.25 bits per heavy atom. The molecule has 0 aromatic carbocycles. The molecule has 3 aromatic rings. The zero-order valence-electron chi connectivity index (χ0n) is 12.9. The summed E-state index contributed by atoms with van der Waals surface area (Å²) in [6.45, 7) is 3.05. The Labute approximate surface area is 146 Å². The highest BCUT2D eigenvalue weighted by Gasteiger charge is 2.24. The van der Waals surface area contributed by atoms with Crippen LogP contribution < -0.4 is 4.74 Å². The van der Waals surface area contributed by atoms with Gasteiger partial charge in [0.15, 0.2) is 0 Å². The molecule has 0 N–H and O–H groups in total. The minimum atomic E-state index is 0.542. The highest BCUT2D eigenvalue weighted by Crippen LogP contribution is 2.40. The molecular weight excluding hydrogens is 344 g/mol. The minimum absolute atomic E-state index is 0.542. The third kappa shape index (κ3) is 2.90. The fourth-order valence-electron chi connectivity index (χ4n) is 2.28. The Balaban J connectivity index is 1.67. The molecule has 0 saturated carbocycles. The van der Waals surface area contributed by atoms with Crippen LogP contribution in [-0.2, 0) is 4.84 Å². The van der Waals surface area contributed by atoms with E-state index >= 15 is 0 Å². The number of oxime groups is 1. The van der Waals surface area contributed by atoms with Gasteiger partial charge in [-0.05, 0) is 19.1 Å². The third-order valence-corrected chi connectivity index (χ3v) is 5.55. The van der Waals surface area contributed by atoms with Crippen molar-refractivity contribution in [2.75, 3.05) is 13.2 Å². The van der Waals surface area contributed by atoms with Crippen LogP contribution in [0.2, 0.25) is 0 Å². The van der Waals surface area contributed by atoms with E-state index in [-0.39, 0.29) is 0 Å². The van der Waals surface area contributed by atoms with E-state index in [2.05, 4.69) is 15.1 Å². The maximum atomic E-state index is 5.72. The van der Waals surface area contributed by atoms with Gasteiger partial charge in [-0.3, -0.25) is 4.98 Å². The average molecular weight is 358 g/mol. The van der Waals surface area contributed by atoms with Gasteiger partial charge in [0.2, 0.25) is 5.06 Å². The predicted molar refractivity (Wildman–Crippen MR) is 94.7 cm³/mol. The van der Waals surface area contributed by atoms with E-state index in [1.807, 2.05) is 31.5 Å². The molecule has 6 nitrogen and oxygen atoms in total. The first-order valence-electron chi connectivity index (χ1n) is 7.54. The summed E-state index contributed by atoms with van der Waals surface area (Å²) in [5.74, 6) is 0. The molecule has 8 heteroatoms. The maximum Gasteiger partial charge on any atom is 0.204 e. The molecule has 0 aliphatic carbocycles. The summed E-state index contributed by atoms with van der Waals surface area (Å²) >= 11 is 3.11. The third-order valence-electron chi connectivity index (χ3n) is 3.37. The monoisotopic (exact) mass is 358 g/mol. The highest BCUT2D eigenvalue weighted by atomic mass is 32.1. The Bertz CT molecular complexity index is 873. The Hall–Kier alpha value is -2.32. The summed E-state index contributed by atoms with van der Waals surface area (Å²) in [5, 5.41) is 6.77. The molecule has 0 saturated heterocycles. The van der Waals surface area contributed by atoms with Crippen LogP contribution in [0.4, 0.5) is 0 Å². The zero-order chi connectivity index (χ0) is 16.4. The molecule has 1 aliphatic heterocycles. The Kier molecular flexibility index (Phi) is 4.22. The normalized spacial score (nSPS) is 15.1. The van der Waals surface area contributed by atoms with E-state index in [4.69, 9.17) is 14.6 Å². The average Bonchev–Trinajstić information content (AvgIpc) is 3.27. The minimum Gasteiger partial charge on any atom is -0.482 e. The lowest BCUT2D eigenvalue weighted by atomic mass is 10.2. The van der Waals surface area contributed by atoms with E-state index in [9.17, 15) is 0 Å². The summed E-state index contributed by atoms with van der Waals surface area (Å²) in [7, 11) is 0. The van der Waals surface area contributed by atoms with Crippen molar-refractivity contribution in [2.45, 2.75) is 13.3 Å². The van der Waals surface area contributed by atoms with Gasteiger partial charge in [-0.2, -0.15) is 0 Å². The van der Waals surface area contributed by atoms with Crippen molar-refractivity contribution in [1.82, 2.24) is 15.0 Å². The molecule has 0 spiro atoms. The van der Waals surface area contributed by atoms with E-state index in [1.165, 1.54) is 11.3 Å². The van der Waals surface area contributed by atoms with Gasteiger partial charge >= 0.3 is 0 Å². The lowest BCUT2D eigenvalue weighted by Crippen LogP contribution is -2.15. The first kappa shape index (κ1) is 15.2. The Morgan fingerprint density at radius 1 is 1.29 bits per heavy atom. The van der Waals surface area contributed by atoms with E-state index in [1.54, 1.807) is 17.5 Å². The smallest absolute Gasteiger partial charge is 0.204 e. The van der Waals surface area contributed by atoms with Gasteiger partial charge in [0, 0.05) is 30.6 Å². The lowest BCUT2D eigenvalue weighted by molar-refractivity contribution is 0.157. The molecule has 0 atom stereocenters. The van der Waals surface area contributed by atoms with Crippen molar-refractivity contribution in [3.05, 3.63) is 36.4 Å². The first-order valence-corrected chi connectivity index (χ1v) is 9.18. The van der Waals surface area contributed by atoms with E-state index in [0.717, 1.165) is 36.9 Å². The summed E-state index contributed by atoms with van der Waals surface area (Å²) < 4.78 is 5.72. The molecule has 0 bridgehead atoms. The van der Waals surface area contributed by atoms with Gasteiger partial charge in [0.1, 0.15) is 28.0 Å². The van der Waals surface area contributed by atoms with E-state index in [0.29, 0.717) is 19.6 Å². The second kappa shape index (κ2) is 6.66. The molecule has 4 heterocycles. The van der Waals surface area contributed by atoms with Crippen molar-refractivity contribution in [2.24, 2.45) is 5.16 Å². The fourth-order valence-corrected chi connectivity index (χ4v) is 4.19. The van der Waals surface area contributed by atoms with Crippen molar-refractivity contribution in [3.8, 4) is 25.5 Å². The van der Waals surface area contributed by atoms with Crippen LogP contribution >= 0.6 is 22.7 Å². The lowest BCUT2D eigenvalue weighted by Gasteiger charge is -2.12. The van der Waals surface area contributed by atoms with Crippen molar-refractivity contribution >= 4 is 28.4 Å². The Morgan fingerprint density at radius 3 is 3.08 bits per heavy atom. The molecule has 24 heavy (non-hydrogen) atoms. The molecule has 0 radical (unpaired) electrons. The fraction of sp³-hybridized carbons (Fsp3) is 0.250. The van der Waals surface area contributed by atoms with Crippen LogP contribution in [-0.4, -0.2) is 33.9 Å². The second-order valence-electron chi connectivity index (χ2n) is 4.98. The van der Waals surface area contributed by atoms with E-state index < -0.39 is 0 Å². The number of rotatable bonds is 4. The van der Waals surface area contributed by atoms with Crippen molar-refractivity contribution in [3.63, 3.8) is 0 Å². The largest absolute Gasteiger partial charge is 0.482 e. The van der Waals surface area contributed by atoms with Crippen LogP contribution in [0.15, 0.2) is 35.9 Å². The van der Waals surface area contributed by atoms with Crippen LogP contribution in [0.1, 0.15) is 19.0 Å². The predicted octanol–water partition coefficient (Wildman–Crippen LogP) is 3.85. The topological polar surface area (TPSA) is 69.5 Å². The van der Waals surface area contributed by atoms with Crippen molar-refractivity contribution < 1.29 is 9.57 Å². The summed E-state index contributed by atoms with van der Waals surface area (Å²) in [6.07, 6.45) is 6.12. The molecule has 3 aromatic heterocycles. The molecule has 122 valence electrons. The van der Waals surface area contributed by atoms with Crippen LogP contribution in [0.5, 0.6) is 5.06 Å². The molecule has 1 aliphatic rings. The molecule has 0 fully saturated rings. The molecular formula is C16H14N4O2S2. The molecule has 4 rings (SSSR count). The standard InChI is InChI=1S/C16H14N4O2S2/c1-2-22-20-11-5-7-21-16-13(11)19-15(24-16)12-9-18-14(23-12)10-4-3-6-17-8-10/h3-4,6,8-9H,2,5,7H2,1H3/b20-11+. The highest BCUT2D eigenvalue weighted by molar-refractivity contribution is 7.24. The number of hydrogen-bond acceptors (Lipinski definition) is 8.